The topological polar surface area (TPSA) is 25.2 Å². The van der Waals surface area contributed by atoms with Crippen LogP contribution in [-0.2, 0) is 6.42 Å². The predicted octanol–water partition coefficient (Wildman–Crippen LogP) is 2.87. The van der Waals surface area contributed by atoms with Crippen molar-refractivity contribution >= 4 is 11.0 Å². The molecule has 0 amide bonds. The lowest BCUT2D eigenvalue weighted by atomic mass is 10.0. The van der Waals surface area contributed by atoms with E-state index in [0.717, 1.165) is 30.3 Å². The highest BCUT2D eigenvalue weighted by Crippen LogP contribution is 2.22. The highest BCUT2D eigenvalue weighted by atomic mass is 19.1. The smallest absolute Gasteiger partial charge is 0.136 e. The van der Waals surface area contributed by atoms with Crippen molar-refractivity contribution in [2.75, 3.05) is 6.54 Å². The Labute approximate surface area is 93.4 Å². The van der Waals surface area contributed by atoms with Crippen molar-refractivity contribution in [2.45, 2.75) is 25.3 Å². The first kappa shape index (κ1) is 9.85. The van der Waals surface area contributed by atoms with Gasteiger partial charge in [-0.25, -0.2) is 4.39 Å². The van der Waals surface area contributed by atoms with Crippen molar-refractivity contribution in [3.05, 3.63) is 35.8 Å². The molecular formula is C13H14FNO. The fourth-order valence-corrected chi connectivity index (χ4v) is 2.38. The molecule has 0 bridgehead atoms. The predicted molar refractivity (Wildman–Crippen MR) is 60.9 cm³/mol. The molecule has 1 aromatic carbocycles. The van der Waals surface area contributed by atoms with E-state index in [1.54, 1.807) is 6.26 Å². The summed E-state index contributed by atoms with van der Waals surface area (Å²) in [4.78, 5) is 0. The third-order valence-corrected chi connectivity index (χ3v) is 3.25. The monoisotopic (exact) mass is 219 g/mol. The molecule has 2 aromatic rings. The van der Waals surface area contributed by atoms with Gasteiger partial charge >= 0.3 is 0 Å². The minimum Gasteiger partial charge on any atom is -0.464 e. The first-order valence-electron chi connectivity index (χ1n) is 5.72. The maximum Gasteiger partial charge on any atom is 0.136 e. The zero-order valence-corrected chi connectivity index (χ0v) is 9.00. The Morgan fingerprint density at radius 2 is 2.38 bits per heavy atom. The zero-order chi connectivity index (χ0) is 11.0. The molecule has 1 atom stereocenters. The van der Waals surface area contributed by atoms with E-state index in [1.165, 1.54) is 12.5 Å². The van der Waals surface area contributed by atoms with Crippen LogP contribution in [0.2, 0.25) is 0 Å². The highest BCUT2D eigenvalue weighted by molar-refractivity contribution is 5.77. The average Bonchev–Trinajstić information content (AvgIpc) is 2.89. The van der Waals surface area contributed by atoms with Crippen molar-refractivity contribution in [3.63, 3.8) is 0 Å². The highest BCUT2D eigenvalue weighted by Gasteiger charge is 2.17. The average molecular weight is 219 g/mol. The molecule has 1 aliphatic rings. The zero-order valence-electron chi connectivity index (χ0n) is 9.00. The van der Waals surface area contributed by atoms with Crippen LogP contribution in [0.4, 0.5) is 4.39 Å². The first-order chi connectivity index (χ1) is 7.83. The lowest BCUT2D eigenvalue weighted by Crippen LogP contribution is -2.24. The summed E-state index contributed by atoms with van der Waals surface area (Å²) in [6, 6.07) is 5.69. The number of hydrogen-bond donors (Lipinski definition) is 1. The fraction of sp³-hybridized carbons (Fsp3) is 0.385. The van der Waals surface area contributed by atoms with Crippen LogP contribution in [-0.4, -0.2) is 12.6 Å². The molecule has 0 aliphatic carbocycles. The van der Waals surface area contributed by atoms with Gasteiger partial charge < -0.3 is 9.73 Å². The second kappa shape index (κ2) is 3.91. The number of halogens is 1. The molecule has 3 heteroatoms. The van der Waals surface area contributed by atoms with Crippen LogP contribution in [0, 0.1) is 5.82 Å². The molecule has 2 heterocycles. The number of benzene rings is 1. The van der Waals surface area contributed by atoms with Crippen LogP contribution < -0.4 is 5.32 Å². The van der Waals surface area contributed by atoms with Crippen molar-refractivity contribution in [1.82, 2.24) is 5.32 Å². The molecule has 3 rings (SSSR count). The van der Waals surface area contributed by atoms with Crippen molar-refractivity contribution in [3.8, 4) is 0 Å². The summed E-state index contributed by atoms with van der Waals surface area (Å²) in [6.07, 6.45) is 4.71. The summed E-state index contributed by atoms with van der Waals surface area (Å²) in [5.41, 5.74) is 1.41. The van der Waals surface area contributed by atoms with Gasteiger partial charge in [0.1, 0.15) is 11.4 Å². The molecule has 1 N–H and O–H groups in total. The second-order valence-electron chi connectivity index (χ2n) is 4.40. The van der Waals surface area contributed by atoms with Crippen LogP contribution in [0.1, 0.15) is 18.4 Å². The van der Waals surface area contributed by atoms with Gasteiger partial charge in [-0.2, -0.15) is 0 Å². The molecule has 1 unspecified atom stereocenters. The Morgan fingerprint density at radius 3 is 3.19 bits per heavy atom. The summed E-state index contributed by atoms with van der Waals surface area (Å²) in [6.45, 7) is 1.06. The Kier molecular flexibility index (Phi) is 2.40. The molecular weight excluding hydrogens is 205 g/mol. The number of hydrogen-bond acceptors (Lipinski definition) is 2. The lowest BCUT2D eigenvalue weighted by Gasteiger charge is -2.10. The normalized spacial score (nSPS) is 20.7. The first-order valence-corrected chi connectivity index (χ1v) is 5.72. The molecule has 2 nitrogen and oxygen atoms in total. The maximum atomic E-state index is 13.8. The molecule has 0 saturated carbocycles. The number of fused-ring (bicyclic) bond motifs is 1. The Hall–Kier alpha value is -1.35. The van der Waals surface area contributed by atoms with E-state index in [-0.39, 0.29) is 5.82 Å². The van der Waals surface area contributed by atoms with Crippen LogP contribution in [0.3, 0.4) is 0 Å². The van der Waals surface area contributed by atoms with E-state index in [0.29, 0.717) is 11.6 Å². The molecule has 0 spiro atoms. The minimum atomic E-state index is -0.156. The van der Waals surface area contributed by atoms with Gasteiger partial charge in [-0.15, -0.1) is 0 Å². The largest absolute Gasteiger partial charge is 0.464 e. The standard InChI is InChI=1S/C13H14FNO/c14-12-8-13-9(3-5-16-13)6-10(12)7-11-2-1-4-15-11/h3,5-6,8,11,15H,1-2,4,7H2. The molecule has 1 aromatic heterocycles. The van der Waals surface area contributed by atoms with Gasteiger partial charge in [0.25, 0.3) is 0 Å². The maximum absolute atomic E-state index is 13.8. The molecule has 16 heavy (non-hydrogen) atoms. The van der Waals surface area contributed by atoms with Crippen LogP contribution >= 0.6 is 0 Å². The third kappa shape index (κ3) is 1.71. The molecule has 1 fully saturated rings. The summed E-state index contributed by atoms with van der Waals surface area (Å²) >= 11 is 0. The van der Waals surface area contributed by atoms with Gasteiger partial charge in [0.15, 0.2) is 0 Å². The Bertz CT molecular complexity index is 500. The van der Waals surface area contributed by atoms with Crippen LogP contribution in [0.15, 0.2) is 28.9 Å². The quantitative estimate of drug-likeness (QED) is 0.840. The van der Waals surface area contributed by atoms with Crippen LogP contribution in [0.25, 0.3) is 11.0 Å². The lowest BCUT2D eigenvalue weighted by molar-refractivity contribution is 0.557. The Morgan fingerprint density at radius 1 is 1.44 bits per heavy atom. The summed E-state index contributed by atoms with van der Waals surface area (Å²) < 4.78 is 18.9. The minimum absolute atomic E-state index is 0.156. The van der Waals surface area contributed by atoms with Gasteiger partial charge in [-0.1, -0.05) is 0 Å². The SMILES string of the molecule is Fc1cc2occc2cc1CC1CCCN1. The van der Waals surface area contributed by atoms with Gasteiger partial charge in [-0.3, -0.25) is 0 Å². The molecule has 84 valence electrons. The third-order valence-electron chi connectivity index (χ3n) is 3.25. The van der Waals surface area contributed by atoms with E-state index in [2.05, 4.69) is 5.32 Å². The van der Waals surface area contributed by atoms with E-state index in [4.69, 9.17) is 4.42 Å². The number of nitrogens with one attached hydrogen (secondary N) is 1. The van der Waals surface area contributed by atoms with Gasteiger partial charge in [0.05, 0.1) is 6.26 Å². The van der Waals surface area contributed by atoms with E-state index < -0.39 is 0 Å². The molecule has 1 aliphatic heterocycles. The van der Waals surface area contributed by atoms with Crippen molar-refractivity contribution < 1.29 is 8.81 Å². The Balaban J connectivity index is 1.92. The number of rotatable bonds is 2. The van der Waals surface area contributed by atoms with Gasteiger partial charge in [-0.05, 0) is 43.5 Å². The van der Waals surface area contributed by atoms with E-state index in [1.807, 2.05) is 12.1 Å². The summed E-state index contributed by atoms with van der Waals surface area (Å²) in [7, 11) is 0. The van der Waals surface area contributed by atoms with Crippen LogP contribution in [0.5, 0.6) is 0 Å². The van der Waals surface area contributed by atoms with E-state index in [9.17, 15) is 4.39 Å². The van der Waals surface area contributed by atoms with Gasteiger partial charge in [0, 0.05) is 17.5 Å². The fourth-order valence-electron chi connectivity index (χ4n) is 2.38. The van der Waals surface area contributed by atoms with E-state index >= 15 is 0 Å². The number of furan rings is 1. The summed E-state index contributed by atoms with van der Waals surface area (Å²) in [5, 5.41) is 4.36. The second-order valence-corrected chi connectivity index (χ2v) is 4.40. The molecule has 0 radical (unpaired) electrons. The molecule has 1 saturated heterocycles. The van der Waals surface area contributed by atoms with Crippen molar-refractivity contribution in [2.24, 2.45) is 0 Å². The van der Waals surface area contributed by atoms with Gasteiger partial charge in [0.2, 0.25) is 0 Å². The summed E-state index contributed by atoms with van der Waals surface area (Å²) in [5.74, 6) is -0.156. The van der Waals surface area contributed by atoms with Crippen molar-refractivity contribution in [1.29, 1.82) is 0 Å².